The summed E-state index contributed by atoms with van der Waals surface area (Å²) < 4.78 is 0. The highest BCUT2D eigenvalue weighted by atomic mass is 16.3. The third-order valence-electron chi connectivity index (χ3n) is 2.66. The van der Waals surface area contributed by atoms with E-state index in [4.69, 9.17) is 5.26 Å². The van der Waals surface area contributed by atoms with Crippen molar-refractivity contribution in [2.24, 2.45) is 0 Å². The zero-order valence-electron chi connectivity index (χ0n) is 9.38. The quantitative estimate of drug-likeness (QED) is 0.867. The maximum atomic E-state index is 9.77. The lowest BCUT2D eigenvalue weighted by Crippen LogP contribution is -1.95. The Morgan fingerprint density at radius 3 is 2.41 bits per heavy atom. The smallest absolute Gasteiger partial charge is 0.0920 e. The molecule has 84 valence electrons. The van der Waals surface area contributed by atoms with Crippen molar-refractivity contribution in [1.29, 1.82) is 5.26 Å². The highest BCUT2D eigenvalue weighted by Gasteiger charge is 2.07. The van der Waals surface area contributed by atoms with Crippen LogP contribution in [-0.4, -0.2) is 5.11 Å². The topological polar surface area (TPSA) is 44.0 Å². The highest BCUT2D eigenvalue weighted by molar-refractivity contribution is 5.64. The molecule has 2 heteroatoms. The molecule has 2 rings (SSSR count). The SMILES string of the molecule is N#CCC(O)c1cccc(-c2ccccc2)c1. The number of hydrogen-bond donors (Lipinski definition) is 1. The number of benzene rings is 2. The minimum Gasteiger partial charge on any atom is -0.387 e. The standard InChI is InChI=1S/C15H13NO/c16-10-9-15(17)14-8-4-7-13(11-14)12-5-2-1-3-6-12/h1-8,11,15,17H,9H2. The second kappa shape index (κ2) is 5.29. The summed E-state index contributed by atoms with van der Waals surface area (Å²) in [6, 6.07) is 19.6. The van der Waals surface area contributed by atoms with Crippen molar-refractivity contribution in [3.8, 4) is 17.2 Å². The summed E-state index contributed by atoms with van der Waals surface area (Å²) in [5.74, 6) is 0. The van der Waals surface area contributed by atoms with Crippen molar-refractivity contribution in [2.45, 2.75) is 12.5 Å². The van der Waals surface area contributed by atoms with Gasteiger partial charge in [-0.15, -0.1) is 0 Å². The molecule has 0 saturated heterocycles. The molecule has 0 amide bonds. The summed E-state index contributed by atoms with van der Waals surface area (Å²) >= 11 is 0. The molecule has 2 aromatic carbocycles. The Kier molecular flexibility index (Phi) is 3.54. The molecule has 0 saturated carbocycles. The van der Waals surface area contributed by atoms with Crippen molar-refractivity contribution in [1.82, 2.24) is 0 Å². The van der Waals surface area contributed by atoms with Crippen LogP contribution < -0.4 is 0 Å². The molecular weight excluding hydrogens is 210 g/mol. The van der Waals surface area contributed by atoms with Crippen LogP contribution in [0.5, 0.6) is 0 Å². The van der Waals surface area contributed by atoms with E-state index in [2.05, 4.69) is 0 Å². The van der Waals surface area contributed by atoms with Crippen LogP contribution in [0, 0.1) is 11.3 Å². The van der Waals surface area contributed by atoms with Gasteiger partial charge in [-0.05, 0) is 22.8 Å². The van der Waals surface area contributed by atoms with E-state index in [1.165, 1.54) is 0 Å². The third kappa shape index (κ3) is 2.72. The van der Waals surface area contributed by atoms with Crippen LogP contribution >= 0.6 is 0 Å². The van der Waals surface area contributed by atoms with E-state index in [0.29, 0.717) is 0 Å². The Bertz CT molecular complexity index is 528. The molecule has 1 N–H and O–H groups in total. The minimum atomic E-state index is -0.705. The minimum absolute atomic E-state index is 0.123. The largest absolute Gasteiger partial charge is 0.387 e. The Morgan fingerprint density at radius 1 is 1.00 bits per heavy atom. The second-order valence-electron chi connectivity index (χ2n) is 3.87. The van der Waals surface area contributed by atoms with Gasteiger partial charge in [0.1, 0.15) is 0 Å². The summed E-state index contributed by atoms with van der Waals surface area (Å²) in [5, 5.41) is 18.3. The third-order valence-corrected chi connectivity index (χ3v) is 2.66. The molecule has 0 aliphatic rings. The highest BCUT2D eigenvalue weighted by Crippen LogP contribution is 2.24. The molecule has 0 heterocycles. The van der Waals surface area contributed by atoms with Gasteiger partial charge < -0.3 is 5.11 Å². The molecule has 0 aliphatic carbocycles. The Hall–Kier alpha value is -2.11. The molecule has 17 heavy (non-hydrogen) atoms. The van der Waals surface area contributed by atoms with E-state index in [-0.39, 0.29) is 6.42 Å². The number of aliphatic hydroxyl groups excluding tert-OH is 1. The van der Waals surface area contributed by atoms with Gasteiger partial charge in [0.15, 0.2) is 0 Å². The van der Waals surface area contributed by atoms with Gasteiger partial charge in [0, 0.05) is 0 Å². The predicted molar refractivity (Wildman–Crippen MR) is 67.1 cm³/mol. The Morgan fingerprint density at radius 2 is 1.71 bits per heavy atom. The summed E-state index contributed by atoms with van der Waals surface area (Å²) in [7, 11) is 0. The first-order chi connectivity index (χ1) is 8.31. The number of hydrogen-bond acceptors (Lipinski definition) is 2. The molecule has 2 aromatic rings. The lowest BCUT2D eigenvalue weighted by Gasteiger charge is -2.09. The summed E-state index contributed by atoms with van der Waals surface area (Å²) in [6.07, 6.45) is -0.582. The molecule has 0 fully saturated rings. The van der Waals surface area contributed by atoms with E-state index in [1.54, 1.807) is 0 Å². The summed E-state index contributed by atoms with van der Waals surface area (Å²) in [6.45, 7) is 0. The average Bonchev–Trinajstić information content (AvgIpc) is 2.40. The predicted octanol–water partition coefficient (Wildman–Crippen LogP) is 3.30. The van der Waals surface area contributed by atoms with Crippen molar-refractivity contribution in [2.75, 3.05) is 0 Å². The number of rotatable bonds is 3. The maximum Gasteiger partial charge on any atom is 0.0920 e. The van der Waals surface area contributed by atoms with Crippen molar-refractivity contribution in [3.63, 3.8) is 0 Å². The number of aliphatic hydroxyl groups is 1. The average molecular weight is 223 g/mol. The van der Waals surface area contributed by atoms with Gasteiger partial charge in [-0.2, -0.15) is 5.26 Å². The van der Waals surface area contributed by atoms with Crippen LogP contribution in [0.3, 0.4) is 0 Å². The Balaban J connectivity index is 2.33. The van der Waals surface area contributed by atoms with Gasteiger partial charge in [0.2, 0.25) is 0 Å². The molecule has 1 atom stereocenters. The van der Waals surface area contributed by atoms with Gasteiger partial charge in [-0.1, -0.05) is 48.5 Å². The lowest BCUT2D eigenvalue weighted by atomic mass is 10.00. The maximum absolute atomic E-state index is 9.77. The molecule has 0 aliphatic heterocycles. The zero-order chi connectivity index (χ0) is 12.1. The van der Waals surface area contributed by atoms with Gasteiger partial charge in [0.25, 0.3) is 0 Å². The molecule has 0 aromatic heterocycles. The number of nitriles is 1. The fraction of sp³-hybridized carbons (Fsp3) is 0.133. The first-order valence-electron chi connectivity index (χ1n) is 5.51. The van der Waals surface area contributed by atoms with Crippen LogP contribution in [-0.2, 0) is 0 Å². The lowest BCUT2D eigenvalue weighted by molar-refractivity contribution is 0.183. The van der Waals surface area contributed by atoms with Crippen molar-refractivity contribution in [3.05, 3.63) is 60.2 Å². The number of nitrogens with zero attached hydrogens (tertiary/aromatic N) is 1. The van der Waals surface area contributed by atoms with Gasteiger partial charge in [-0.3, -0.25) is 0 Å². The zero-order valence-corrected chi connectivity index (χ0v) is 9.38. The van der Waals surface area contributed by atoms with E-state index in [9.17, 15) is 5.11 Å². The van der Waals surface area contributed by atoms with Crippen LogP contribution in [0.25, 0.3) is 11.1 Å². The summed E-state index contributed by atoms with van der Waals surface area (Å²) in [4.78, 5) is 0. The van der Waals surface area contributed by atoms with Gasteiger partial charge in [0.05, 0.1) is 18.6 Å². The van der Waals surface area contributed by atoms with Crippen molar-refractivity contribution >= 4 is 0 Å². The van der Waals surface area contributed by atoms with Gasteiger partial charge in [-0.25, -0.2) is 0 Å². The van der Waals surface area contributed by atoms with E-state index in [0.717, 1.165) is 16.7 Å². The van der Waals surface area contributed by atoms with Crippen LogP contribution in [0.4, 0.5) is 0 Å². The first kappa shape index (κ1) is 11.4. The molecular formula is C15H13NO. The fourth-order valence-electron chi connectivity index (χ4n) is 1.76. The van der Waals surface area contributed by atoms with E-state index < -0.39 is 6.10 Å². The van der Waals surface area contributed by atoms with Crippen LogP contribution in [0.15, 0.2) is 54.6 Å². The summed E-state index contributed by atoms with van der Waals surface area (Å²) in [5.41, 5.74) is 2.95. The Labute approximate surface area is 101 Å². The fourth-order valence-corrected chi connectivity index (χ4v) is 1.76. The molecule has 0 radical (unpaired) electrons. The molecule has 2 nitrogen and oxygen atoms in total. The van der Waals surface area contributed by atoms with Crippen LogP contribution in [0.2, 0.25) is 0 Å². The van der Waals surface area contributed by atoms with Gasteiger partial charge >= 0.3 is 0 Å². The normalized spacial score (nSPS) is 11.8. The molecule has 0 bridgehead atoms. The van der Waals surface area contributed by atoms with Crippen LogP contribution in [0.1, 0.15) is 18.1 Å². The molecule has 1 unspecified atom stereocenters. The monoisotopic (exact) mass is 223 g/mol. The van der Waals surface area contributed by atoms with E-state index >= 15 is 0 Å². The van der Waals surface area contributed by atoms with Crippen molar-refractivity contribution < 1.29 is 5.11 Å². The first-order valence-corrected chi connectivity index (χ1v) is 5.51. The van der Waals surface area contributed by atoms with E-state index in [1.807, 2.05) is 60.7 Å². The molecule has 0 spiro atoms. The second-order valence-corrected chi connectivity index (χ2v) is 3.87.